The van der Waals surface area contributed by atoms with E-state index in [4.69, 9.17) is 5.73 Å². The van der Waals surface area contributed by atoms with Crippen LogP contribution in [0.4, 0.5) is 0 Å². The summed E-state index contributed by atoms with van der Waals surface area (Å²) in [6.07, 6.45) is 1.41. The Labute approximate surface area is 146 Å². The summed E-state index contributed by atoms with van der Waals surface area (Å²) in [6.45, 7) is 1.99. The second-order valence-corrected chi connectivity index (χ2v) is 7.00. The molecule has 126 valence electrons. The maximum Gasteiger partial charge on any atom is 0.244 e. The number of rotatable bonds is 3. The zero-order valence-electron chi connectivity index (χ0n) is 14.0. The van der Waals surface area contributed by atoms with Crippen LogP contribution in [0.15, 0.2) is 30.3 Å². The summed E-state index contributed by atoms with van der Waals surface area (Å²) in [5.74, 6) is -1.55. The highest BCUT2D eigenvalue weighted by atomic mass is 16.2. The van der Waals surface area contributed by atoms with E-state index in [9.17, 15) is 20.6 Å². The summed E-state index contributed by atoms with van der Waals surface area (Å²) < 4.78 is 0. The number of benzene rings is 1. The Morgan fingerprint density at radius 3 is 2.36 bits per heavy atom. The molecule has 1 aliphatic carbocycles. The molecule has 1 saturated heterocycles. The molecule has 2 fully saturated rings. The summed E-state index contributed by atoms with van der Waals surface area (Å²) in [4.78, 5) is 12.8. The minimum absolute atomic E-state index is 0.0234. The summed E-state index contributed by atoms with van der Waals surface area (Å²) in [6, 6.07) is 15.3. The number of nitrogens with two attached hydrogens (primary N) is 1. The van der Waals surface area contributed by atoms with Crippen LogP contribution in [0.2, 0.25) is 0 Å². The van der Waals surface area contributed by atoms with Crippen molar-refractivity contribution in [1.29, 1.82) is 15.8 Å². The van der Waals surface area contributed by atoms with Gasteiger partial charge in [0, 0.05) is 18.3 Å². The molecule has 1 amide bonds. The predicted octanol–water partition coefficient (Wildman–Crippen LogP) is 1.92. The van der Waals surface area contributed by atoms with Crippen molar-refractivity contribution in [3.05, 3.63) is 35.9 Å². The fourth-order valence-corrected chi connectivity index (χ4v) is 4.70. The number of carbonyl (C=O) groups is 1. The van der Waals surface area contributed by atoms with E-state index in [1.807, 2.05) is 43.3 Å². The van der Waals surface area contributed by atoms with E-state index in [-0.39, 0.29) is 12.3 Å². The fourth-order valence-electron chi connectivity index (χ4n) is 4.70. The first-order valence-electron chi connectivity index (χ1n) is 8.35. The predicted molar refractivity (Wildman–Crippen MR) is 89.0 cm³/mol. The lowest BCUT2D eigenvalue weighted by atomic mass is 9.47. The standard InChI is InChI=1S/C19H19N5O/c1-2-6-14-15(13-7-4-3-5-8-13)18(11-21,12-22)17(10-20)9-19(14,23)24-16(17)25/h3-5,7-8,14-15H,2,6,9,23H2,1H3,(H,24,25)/t14-,15-,17-,19+/m0/s1. The van der Waals surface area contributed by atoms with Gasteiger partial charge in [-0.15, -0.1) is 0 Å². The smallest absolute Gasteiger partial charge is 0.244 e. The molecule has 6 nitrogen and oxygen atoms in total. The molecule has 3 N–H and O–H groups in total. The van der Waals surface area contributed by atoms with Crippen LogP contribution in [0, 0.1) is 50.7 Å². The van der Waals surface area contributed by atoms with Crippen molar-refractivity contribution in [2.75, 3.05) is 0 Å². The van der Waals surface area contributed by atoms with Gasteiger partial charge in [-0.25, -0.2) is 0 Å². The quantitative estimate of drug-likeness (QED) is 0.873. The molecule has 1 heterocycles. The van der Waals surface area contributed by atoms with Crippen LogP contribution in [-0.2, 0) is 4.79 Å². The largest absolute Gasteiger partial charge is 0.336 e. The van der Waals surface area contributed by atoms with Crippen LogP contribution in [0.5, 0.6) is 0 Å². The van der Waals surface area contributed by atoms with Crippen LogP contribution in [0.3, 0.4) is 0 Å². The third-order valence-electron chi connectivity index (χ3n) is 5.80. The number of fused-ring (bicyclic) bond motifs is 2. The van der Waals surface area contributed by atoms with Gasteiger partial charge in [0.1, 0.15) is 0 Å². The van der Waals surface area contributed by atoms with E-state index >= 15 is 0 Å². The lowest BCUT2D eigenvalue weighted by molar-refractivity contribution is -0.128. The number of hydrogen-bond acceptors (Lipinski definition) is 5. The van der Waals surface area contributed by atoms with Gasteiger partial charge < -0.3 is 11.1 Å². The highest BCUT2D eigenvalue weighted by Gasteiger charge is 2.76. The van der Waals surface area contributed by atoms with Gasteiger partial charge in [0.15, 0.2) is 10.8 Å². The van der Waals surface area contributed by atoms with Gasteiger partial charge in [-0.05, 0) is 12.0 Å². The van der Waals surface area contributed by atoms with Gasteiger partial charge in [0.2, 0.25) is 5.91 Å². The monoisotopic (exact) mass is 333 g/mol. The Balaban J connectivity index is 2.35. The number of nitriles is 3. The van der Waals surface area contributed by atoms with E-state index in [2.05, 4.69) is 17.5 Å². The molecule has 25 heavy (non-hydrogen) atoms. The molecule has 1 aromatic carbocycles. The van der Waals surface area contributed by atoms with Crippen LogP contribution in [0.1, 0.15) is 37.7 Å². The summed E-state index contributed by atoms with van der Waals surface area (Å²) >= 11 is 0. The number of hydrogen-bond donors (Lipinski definition) is 2. The number of amides is 1. The summed E-state index contributed by atoms with van der Waals surface area (Å²) in [5.41, 5.74) is 2.65. The van der Waals surface area contributed by atoms with Crippen molar-refractivity contribution in [3.63, 3.8) is 0 Å². The maximum atomic E-state index is 12.8. The van der Waals surface area contributed by atoms with Crippen molar-refractivity contribution in [1.82, 2.24) is 5.32 Å². The second-order valence-electron chi connectivity index (χ2n) is 7.00. The summed E-state index contributed by atoms with van der Waals surface area (Å²) in [7, 11) is 0. The first kappa shape index (κ1) is 17.0. The van der Waals surface area contributed by atoms with E-state index in [1.54, 1.807) is 0 Å². The normalized spacial score (nSPS) is 35.1. The molecular formula is C19H19N5O. The van der Waals surface area contributed by atoms with Crippen LogP contribution in [0.25, 0.3) is 0 Å². The minimum Gasteiger partial charge on any atom is -0.336 e. The third kappa shape index (κ3) is 1.94. The van der Waals surface area contributed by atoms with Crippen LogP contribution >= 0.6 is 0 Å². The van der Waals surface area contributed by atoms with Gasteiger partial charge in [-0.1, -0.05) is 43.7 Å². The maximum absolute atomic E-state index is 12.8. The average Bonchev–Trinajstić information content (AvgIpc) is 2.88. The highest BCUT2D eigenvalue weighted by molar-refractivity contribution is 5.92. The van der Waals surface area contributed by atoms with Gasteiger partial charge >= 0.3 is 0 Å². The molecule has 1 aromatic rings. The molecule has 0 radical (unpaired) electrons. The van der Waals surface area contributed by atoms with Crippen molar-refractivity contribution in [3.8, 4) is 18.2 Å². The average molecular weight is 333 g/mol. The van der Waals surface area contributed by atoms with E-state index in [0.29, 0.717) is 6.42 Å². The molecular weight excluding hydrogens is 314 g/mol. The molecule has 1 saturated carbocycles. The zero-order chi connectivity index (χ0) is 18.3. The SMILES string of the molecule is CCC[C@H]1[C@H](c2ccccc2)C(C#N)(C#N)[C@]2(C#N)C[C@@]1(N)NC2=O. The van der Waals surface area contributed by atoms with Crippen molar-refractivity contribution >= 4 is 5.91 Å². The van der Waals surface area contributed by atoms with E-state index in [1.165, 1.54) is 0 Å². The fraction of sp³-hybridized carbons (Fsp3) is 0.474. The molecule has 6 heteroatoms. The molecule has 2 aliphatic rings. The molecule has 4 atom stereocenters. The lowest BCUT2D eigenvalue weighted by Crippen LogP contribution is -2.62. The number of carbonyl (C=O) groups excluding carboxylic acids is 1. The van der Waals surface area contributed by atoms with Gasteiger partial charge in [0.25, 0.3) is 0 Å². The number of nitrogens with zero attached hydrogens (tertiary/aromatic N) is 3. The first-order chi connectivity index (χ1) is 11.9. The Morgan fingerprint density at radius 2 is 1.84 bits per heavy atom. The Bertz CT molecular complexity index is 816. The molecule has 1 aliphatic heterocycles. The Kier molecular flexibility index (Phi) is 3.79. The third-order valence-corrected chi connectivity index (χ3v) is 5.80. The Morgan fingerprint density at radius 1 is 1.20 bits per heavy atom. The molecule has 2 bridgehead atoms. The molecule has 0 spiro atoms. The van der Waals surface area contributed by atoms with Crippen molar-refractivity contribution in [2.45, 2.75) is 37.8 Å². The first-order valence-corrected chi connectivity index (χ1v) is 8.35. The topological polar surface area (TPSA) is 126 Å². The molecule has 0 unspecified atom stereocenters. The Hall–Kier alpha value is -2.88. The minimum atomic E-state index is -1.79. The highest BCUT2D eigenvalue weighted by Crippen LogP contribution is 2.64. The van der Waals surface area contributed by atoms with Gasteiger partial charge in [0.05, 0.1) is 23.9 Å². The van der Waals surface area contributed by atoms with Gasteiger partial charge in [-0.3, -0.25) is 4.79 Å². The van der Waals surface area contributed by atoms with Crippen molar-refractivity contribution < 1.29 is 4.79 Å². The molecule has 3 rings (SSSR count). The van der Waals surface area contributed by atoms with Crippen LogP contribution < -0.4 is 11.1 Å². The second kappa shape index (κ2) is 5.59. The molecule has 0 aromatic heterocycles. The van der Waals surface area contributed by atoms with Gasteiger partial charge in [-0.2, -0.15) is 15.8 Å². The summed E-state index contributed by atoms with van der Waals surface area (Å²) in [5, 5.41) is 32.7. The zero-order valence-corrected chi connectivity index (χ0v) is 14.0. The number of nitrogens with one attached hydrogen (secondary N) is 1. The lowest BCUT2D eigenvalue weighted by Gasteiger charge is -2.50. The van der Waals surface area contributed by atoms with Crippen LogP contribution in [-0.4, -0.2) is 11.6 Å². The van der Waals surface area contributed by atoms with E-state index < -0.39 is 28.3 Å². The van der Waals surface area contributed by atoms with Crippen molar-refractivity contribution in [2.24, 2.45) is 22.5 Å². The van der Waals surface area contributed by atoms with E-state index in [0.717, 1.165) is 12.0 Å².